The summed E-state index contributed by atoms with van der Waals surface area (Å²) in [5, 5.41) is 0. The maximum Gasteiger partial charge on any atom is 0.293 e. The van der Waals surface area contributed by atoms with Crippen LogP contribution >= 0.6 is 0 Å². The van der Waals surface area contributed by atoms with Crippen LogP contribution in [0.4, 0.5) is 0 Å². The molecule has 0 bridgehead atoms. The van der Waals surface area contributed by atoms with Crippen LogP contribution in [-0.2, 0) is 20.9 Å². The zero-order valence-corrected chi connectivity index (χ0v) is 12.9. The van der Waals surface area contributed by atoms with Gasteiger partial charge < -0.3 is 9.47 Å². The Morgan fingerprint density at radius 1 is 1.24 bits per heavy atom. The highest BCUT2D eigenvalue weighted by Gasteiger charge is 2.22. The van der Waals surface area contributed by atoms with Crippen molar-refractivity contribution in [1.82, 2.24) is 0 Å². The van der Waals surface area contributed by atoms with E-state index in [4.69, 9.17) is 9.47 Å². The van der Waals surface area contributed by atoms with E-state index in [9.17, 15) is 4.79 Å². The van der Waals surface area contributed by atoms with E-state index in [1.165, 1.54) is 44.1 Å². The Labute approximate surface area is 127 Å². The first kappa shape index (κ1) is 16.0. The molecule has 2 atom stereocenters. The van der Waals surface area contributed by atoms with Gasteiger partial charge in [0.1, 0.15) is 6.61 Å². The van der Waals surface area contributed by atoms with Crippen molar-refractivity contribution >= 4 is 6.47 Å². The largest absolute Gasteiger partial charge is 0.463 e. The number of ether oxygens (including phenoxy) is 2. The second-order valence-corrected chi connectivity index (χ2v) is 5.87. The van der Waals surface area contributed by atoms with Gasteiger partial charge in [0.25, 0.3) is 6.47 Å². The fourth-order valence-corrected chi connectivity index (χ4v) is 2.93. The molecule has 0 aliphatic carbocycles. The Morgan fingerprint density at radius 3 is 2.67 bits per heavy atom. The number of hydrogen-bond donors (Lipinski definition) is 0. The van der Waals surface area contributed by atoms with Gasteiger partial charge in [-0.25, -0.2) is 0 Å². The molecular formula is C18H26O3. The highest BCUT2D eigenvalue weighted by Crippen LogP contribution is 2.30. The van der Waals surface area contributed by atoms with Crippen LogP contribution in [0.3, 0.4) is 0 Å². The molecule has 0 saturated carbocycles. The molecule has 2 rings (SSSR count). The zero-order chi connectivity index (χ0) is 14.9. The van der Waals surface area contributed by atoms with Crippen molar-refractivity contribution in [2.45, 2.75) is 64.1 Å². The molecule has 116 valence electrons. The SMILES string of the molecule is CCCCCC1CCC(c2ccc(COC=O)cc2)CO1. The van der Waals surface area contributed by atoms with E-state index in [0.29, 0.717) is 25.1 Å². The molecule has 1 heterocycles. The van der Waals surface area contributed by atoms with Gasteiger partial charge in [-0.05, 0) is 30.4 Å². The third-order valence-electron chi connectivity index (χ3n) is 4.27. The van der Waals surface area contributed by atoms with E-state index in [0.717, 1.165) is 12.2 Å². The fraction of sp³-hybridized carbons (Fsp3) is 0.611. The molecule has 0 aromatic heterocycles. The van der Waals surface area contributed by atoms with Crippen molar-refractivity contribution in [3.8, 4) is 0 Å². The van der Waals surface area contributed by atoms with E-state index < -0.39 is 0 Å². The average molecular weight is 290 g/mol. The molecule has 1 aromatic rings. The van der Waals surface area contributed by atoms with Gasteiger partial charge in [0, 0.05) is 5.92 Å². The van der Waals surface area contributed by atoms with Crippen molar-refractivity contribution in [3.63, 3.8) is 0 Å². The second-order valence-electron chi connectivity index (χ2n) is 5.87. The number of unbranched alkanes of at least 4 members (excludes halogenated alkanes) is 2. The number of benzene rings is 1. The van der Waals surface area contributed by atoms with Gasteiger partial charge in [0.2, 0.25) is 0 Å². The third kappa shape index (κ3) is 5.16. The Balaban J connectivity index is 1.77. The Bertz CT molecular complexity index is 405. The molecule has 1 aromatic carbocycles. The predicted molar refractivity (Wildman–Crippen MR) is 83.2 cm³/mol. The van der Waals surface area contributed by atoms with Crippen LogP contribution in [0.5, 0.6) is 0 Å². The third-order valence-corrected chi connectivity index (χ3v) is 4.27. The molecule has 1 fully saturated rings. The van der Waals surface area contributed by atoms with E-state index in [1.807, 2.05) is 12.1 Å². The molecule has 2 unspecified atom stereocenters. The molecule has 3 nitrogen and oxygen atoms in total. The van der Waals surface area contributed by atoms with Crippen LogP contribution in [0, 0.1) is 0 Å². The molecule has 1 saturated heterocycles. The van der Waals surface area contributed by atoms with Crippen molar-refractivity contribution in [1.29, 1.82) is 0 Å². The quantitative estimate of drug-likeness (QED) is 0.531. The van der Waals surface area contributed by atoms with Crippen LogP contribution in [0.25, 0.3) is 0 Å². The molecule has 3 heteroatoms. The Hall–Kier alpha value is -1.35. The minimum Gasteiger partial charge on any atom is -0.463 e. The lowest BCUT2D eigenvalue weighted by molar-refractivity contribution is -0.129. The summed E-state index contributed by atoms with van der Waals surface area (Å²) < 4.78 is 10.8. The minimum absolute atomic E-state index is 0.352. The molecule has 1 aliphatic rings. The van der Waals surface area contributed by atoms with Crippen LogP contribution in [0.15, 0.2) is 24.3 Å². The number of carbonyl (C=O) groups excluding carboxylic acids is 1. The van der Waals surface area contributed by atoms with Gasteiger partial charge in [-0.1, -0.05) is 50.5 Å². The van der Waals surface area contributed by atoms with Crippen molar-refractivity contribution in [2.24, 2.45) is 0 Å². The van der Waals surface area contributed by atoms with Crippen LogP contribution in [0.2, 0.25) is 0 Å². The summed E-state index contributed by atoms with van der Waals surface area (Å²) in [6.07, 6.45) is 7.93. The summed E-state index contributed by atoms with van der Waals surface area (Å²) in [5.41, 5.74) is 2.36. The number of hydrogen-bond acceptors (Lipinski definition) is 3. The first-order chi connectivity index (χ1) is 10.3. The van der Waals surface area contributed by atoms with Gasteiger partial charge in [-0.3, -0.25) is 4.79 Å². The van der Waals surface area contributed by atoms with Gasteiger partial charge in [0.15, 0.2) is 0 Å². The summed E-state index contributed by atoms with van der Waals surface area (Å²) in [7, 11) is 0. The van der Waals surface area contributed by atoms with Crippen molar-refractivity contribution in [2.75, 3.05) is 6.61 Å². The Kier molecular flexibility index (Phi) is 6.74. The zero-order valence-electron chi connectivity index (χ0n) is 12.9. The van der Waals surface area contributed by atoms with Crippen LogP contribution < -0.4 is 0 Å². The first-order valence-electron chi connectivity index (χ1n) is 8.09. The standard InChI is InChI=1S/C18H26O3/c1-2-3-4-5-18-11-10-17(13-21-18)16-8-6-15(7-9-16)12-20-14-19/h6-9,14,17-18H,2-5,10-13H2,1H3. The van der Waals surface area contributed by atoms with E-state index in [1.54, 1.807) is 0 Å². The van der Waals surface area contributed by atoms with Gasteiger partial charge in [0.05, 0.1) is 12.7 Å². The summed E-state index contributed by atoms with van der Waals surface area (Å²) in [4.78, 5) is 10.2. The van der Waals surface area contributed by atoms with Crippen LogP contribution in [0.1, 0.15) is 62.5 Å². The Morgan fingerprint density at radius 2 is 2.05 bits per heavy atom. The topological polar surface area (TPSA) is 35.5 Å². The lowest BCUT2D eigenvalue weighted by Crippen LogP contribution is -2.24. The summed E-state index contributed by atoms with van der Waals surface area (Å²) in [6.45, 7) is 3.91. The molecule has 0 radical (unpaired) electrons. The van der Waals surface area contributed by atoms with Gasteiger partial charge >= 0.3 is 0 Å². The maximum absolute atomic E-state index is 10.2. The monoisotopic (exact) mass is 290 g/mol. The molecule has 21 heavy (non-hydrogen) atoms. The smallest absolute Gasteiger partial charge is 0.293 e. The first-order valence-corrected chi connectivity index (χ1v) is 8.09. The van der Waals surface area contributed by atoms with E-state index >= 15 is 0 Å². The molecule has 1 aliphatic heterocycles. The summed E-state index contributed by atoms with van der Waals surface area (Å²) >= 11 is 0. The molecule has 0 amide bonds. The minimum atomic E-state index is 0.352. The van der Waals surface area contributed by atoms with E-state index in [-0.39, 0.29) is 0 Å². The van der Waals surface area contributed by atoms with E-state index in [2.05, 4.69) is 19.1 Å². The average Bonchev–Trinajstić information content (AvgIpc) is 2.54. The second kappa shape index (κ2) is 8.83. The highest BCUT2D eigenvalue weighted by atomic mass is 16.5. The van der Waals surface area contributed by atoms with Crippen molar-refractivity contribution < 1.29 is 14.3 Å². The molecule has 0 spiro atoms. The van der Waals surface area contributed by atoms with Crippen molar-refractivity contribution in [3.05, 3.63) is 35.4 Å². The lowest BCUT2D eigenvalue weighted by Gasteiger charge is -2.29. The molecule has 0 N–H and O–H groups in total. The predicted octanol–water partition coefficient (Wildman–Crippen LogP) is 4.20. The summed E-state index contributed by atoms with van der Waals surface area (Å²) in [6, 6.07) is 8.34. The molecular weight excluding hydrogens is 264 g/mol. The summed E-state index contributed by atoms with van der Waals surface area (Å²) in [5.74, 6) is 0.508. The van der Waals surface area contributed by atoms with Gasteiger partial charge in [-0.2, -0.15) is 0 Å². The highest BCUT2D eigenvalue weighted by molar-refractivity contribution is 5.37. The maximum atomic E-state index is 10.2. The fourth-order valence-electron chi connectivity index (χ4n) is 2.93. The normalized spacial score (nSPS) is 22.0. The number of carbonyl (C=O) groups is 1. The lowest BCUT2D eigenvalue weighted by atomic mass is 9.90. The number of rotatable bonds is 8. The van der Waals surface area contributed by atoms with Gasteiger partial charge in [-0.15, -0.1) is 0 Å². The van der Waals surface area contributed by atoms with Crippen LogP contribution in [-0.4, -0.2) is 19.2 Å².